The van der Waals surface area contributed by atoms with Gasteiger partial charge in [0.05, 0.1) is 6.54 Å². The predicted molar refractivity (Wildman–Crippen MR) is 115 cm³/mol. The number of aryl methyl sites for hydroxylation is 2. The first-order chi connectivity index (χ1) is 14.8. The van der Waals surface area contributed by atoms with Crippen molar-refractivity contribution in [1.29, 1.82) is 0 Å². The van der Waals surface area contributed by atoms with Crippen LogP contribution >= 0.6 is 0 Å². The molecule has 0 aliphatic carbocycles. The van der Waals surface area contributed by atoms with Crippen molar-refractivity contribution in [3.05, 3.63) is 59.2 Å². The third-order valence-corrected chi connectivity index (χ3v) is 4.64. The van der Waals surface area contributed by atoms with Gasteiger partial charge in [0, 0.05) is 11.8 Å². The van der Waals surface area contributed by atoms with Gasteiger partial charge in [0.15, 0.2) is 17.6 Å². The fourth-order valence-electron chi connectivity index (χ4n) is 2.95. The van der Waals surface area contributed by atoms with E-state index in [0.717, 1.165) is 22.4 Å². The number of ether oxygens (including phenoxy) is 3. The van der Waals surface area contributed by atoms with Crippen LogP contribution in [-0.4, -0.2) is 37.2 Å². The summed E-state index contributed by atoms with van der Waals surface area (Å²) in [5, 5.41) is 5.24. The minimum atomic E-state index is -1.05. The Kier molecular flexibility index (Phi) is 6.92. The molecule has 0 saturated heterocycles. The molecule has 2 N–H and O–H groups in total. The first-order valence-corrected chi connectivity index (χ1v) is 9.75. The predicted octanol–water partition coefficient (Wildman–Crippen LogP) is 2.73. The number of para-hydroxylation sites is 1. The third kappa shape index (κ3) is 5.85. The van der Waals surface area contributed by atoms with Crippen molar-refractivity contribution in [3.8, 4) is 11.5 Å². The van der Waals surface area contributed by atoms with Gasteiger partial charge in [-0.15, -0.1) is 0 Å². The van der Waals surface area contributed by atoms with Gasteiger partial charge in [-0.25, -0.2) is 4.79 Å². The number of nitrogens with one attached hydrogen (secondary N) is 2. The number of esters is 1. The fraction of sp³-hybridized carbons (Fsp3) is 0.261. The normalized spacial score (nSPS) is 13.0. The number of amides is 2. The SMILES string of the molecule is Cc1cccc(C)c1NC(=O)CNC(=O)C(C)OC(=O)/C=C/c1ccc2c(c1)OCO2. The van der Waals surface area contributed by atoms with Crippen LogP contribution in [0.3, 0.4) is 0 Å². The Hall–Kier alpha value is -3.81. The first kappa shape index (κ1) is 21.9. The van der Waals surface area contributed by atoms with E-state index < -0.39 is 18.0 Å². The quantitative estimate of drug-likeness (QED) is 0.523. The molecule has 0 aromatic heterocycles. The molecule has 1 atom stereocenters. The van der Waals surface area contributed by atoms with Crippen LogP contribution in [0, 0.1) is 13.8 Å². The van der Waals surface area contributed by atoms with Crippen molar-refractivity contribution >= 4 is 29.5 Å². The highest BCUT2D eigenvalue weighted by Crippen LogP contribution is 2.32. The fourth-order valence-corrected chi connectivity index (χ4v) is 2.95. The molecule has 31 heavy (non-hydrogen) atoms. The molecule has 2 aromatic rings. The van der Waals surface area contributed by atoms with Gasteiger partial charge in [-0.1, -0.05) is 24.3 Å². The Balaban J connectivity index is 1.45. The smallest absolute Gasteiger partial charge is 0.331 e. The number of carbonyl (C=O) groups is 3. The average molecular weight is 424 g/mol. The maximum Gasteiger partial charge on any atom is 0.331 e. The van der Waals surface area contributed by atoms with Gasteiger partial charge in [0.25, 0.3) is 5.91 Å². The number of fused-ring (bicyclic) bond motifs is 1. The third-order valence-electron chi connectivity index (χ3n) is 4.64. The van der Waals surface area contributed by atoms with E-state index in [1.54, 1.807) is 24.3 Å². The van der Waals surface area contributed by atoms with Gasteiger partial charge in [-0.2, -0.15) is 0 Å². The number of hydrogen-bond donors (Lipinski definition) is 2. The number of hydrogen-bond acceptors (Lipinski definition) is 6. The molecule has 1 aliphatic heterocycles. The van der Waals surface area contributed by atoms with Crippen LogP contribution < -0.4 is 20.1 Å². The van der Waals surface area contributed by atoms with Crippen molar-refractivity contribution in [2.45, 2.75) is 26.9 Å². The van der Waals surface area contributed by atoms with Gasteiger partial charge >= 0.3 is 5.97 Å². The van der Waals surface area contributed by atoms with Crippen LogP contribution in [0.1, 0.15) is 23.6 Å². The van der Waals surface area contributed by atoms with Crippen molar-refractivity contribution < 1.29 is 28.6 Å². The molecule has 0 spiro atoms. The molecular formula is C23H24N2O6. The summed E-state index contributed by atoms with van der Waals surface area (Å²) in [4.78, 5) is 36.3. The molecule has 8 heteroatoms. The van der Waals surface area contributed by atoms with Gasteiger partial charge in [0.2, 0.25) is 12.7 Å². The molecule has 2 amide bonds. The Bertz CT molecular complexity index is 1010. The summed E-state index contributed by atoms with van der Waals surface area (Å²) in [7, 11) is 0. The molecule has 8 nitrogen and oxygen atoms in total. The summed E-state index contributed by atoms with van der Waals surface area (Å²) in [6.45, 7) is 5.14. The highest BCUT2D eigenvalue weighted by Gasteiger charge is 2.18. The largest absolute Gasteiger partial charge is 0.454 e. The summed E-state index contributed by atoms with van der Waals surface area (Å²) < 4.78 is 15.6. The first-order valence-electron chi connectivity index (χ1n) is 9.75. The van der Waals surface area contributed by atoms with Gasteiger partial charge in [-0.05, 0) is 55.7 Å². The van der Waals surface area contributed by atoms with E-state index in [9.17, 15) is 14.4 Å². The second-order valence-corrected chi connectivity index (χ2v) is 7.06. The molecule has 1 unspecified atom stereocenters. The lowest BCUT2D eigenvalue weighted by Crippen LogP contribution is -2.40. The molecular weight excluding hydrogens is 400 g/mol. The molecule has 0 fully saturated rings. The number of anilines is 1. The number of benzene rings is 2. The second-order valence-electron chi connectivity index (χ2n) is 7.06. The molecule has 3 rings (SSSR count). The topological polar surface area (TPSA) is 103 Å². The highest BCUT2D eigenvalue weighted by molar-refractivity contribution is 5.96. The lowest BCUT2D eigenvalue weighted by atomic mass is 10.1. The maximum atomic E-state index is 12.1. The van der Waals surface area contributed by atoms with Crippen LogP contribution in [-0.2, 0) is 19.1 Å². The van der Waals surface area contributed by atoms with E-state index in [4.69, 9.17) is 14.2 Å². The van der Waals surface area contributed by atoms with Crippen molar-refractivity contribution in [1.82, 2.24) is 5.32 Å². The van der Waals surface area contributed by atoms with Gasteiger partial charge in [0.1, 0.15) is 0 Å². The molecule has 162 valence electrons. The summed E-state index contributed by atoms with van der Waals surface area (Å²) in [5.74, 6) is -0.372. The molecule has 0 saturated carbocycles. The standard InChI is InChI=1S/C23H24N2O6/c1-14-5-4-6-15(2)22(14)25-20(26)12-24-23(28)16(3)31-21(27)10-8-17-7-9-18-19(11-17)30-13-29-18/h4-11,16H,12-13H2,1-3H3,(H,24,28)(H,25,26)/b10-8+. The molecule has 1 aliphatic rings. The van der Waals surface area contributed by atoms with Crippen molar-refractivity contribution in [2.75, 3.05) is 18.7 Å². The van der Waals surface area contributed by atoms with Gasteiger partial charge < -0.3 is 24.8 Å². The van der Waals surface area contributed by atoms with Crippen LogP contribution in [0.4, 0.5) is 5.69 Å². The van der Waals surface area contributed by atoms with E-state index >= 15 is 0 Å². The Labute approximate surface area is 180 Å². The molecule has 0 radical (unpaired) electrons. The van der Waals surface area contributed by atoms with Crippen LogP contribution in [0.15, 0.2) is 42.5 Å². The van der Waals surface area contributed by atoms with E-state index in [1.165, 1.54) is 13.0 Å². The second kappa shape index (κ2) is 9.80. The average Bonchev–Trinajstić information content (AvgIpc) is 3.21. The van der Waals surface area contributed by atoms with Crippen molar-refractivity contribution in [3.63, 3.8) is 0 Å². The van der Waals surface area contributed by atoms with Gasteiger partial charge in [-0.3, -0.25) is 9.59 Å². The van der Waals surface area contributed by atoms with Crippen LogP contribution in [0.25, 0.3) is 6.08 Å². The zero-order valence-corrected chi connectivity index (χ0v) is 17.6. The number of rotatable bonds is 7. The summed E-state index contributed by atoms with van der Waals surface area (Å²) in [6.07, 6.45) is 1.71. The summed E-state index contributed by atoms with van der Waals surface area (Å²) in [6, 6.07) is 10.9. The van der Waals surface area contributed by atoms with E-state index in [-0.39, 0.29) is 19.2 Å². The zero-order chi connectivity index (χ0) is 22.4. The monoisotopic (exact) mass is 424 g/mol. The van der Waals surface area contributed by atoms with E-state index in [1.807, 2.05) is 32.0 Å². The van der Waals surface area contributed by atoms with E-state index in [0.29, 0.717) is 11.5 Å². The van der Waals surface area contributed by atoms with Crippen LogP contribution in [0.5, 0.6) is 11.5 Å². The number of carbonyl (C=O) groups excluding carboxylic acids is 3. The minimum Gasteiger partial charge on any atom is -0.454 e. The summed E-state index contributed by atoms with van der Waals surface area (Å²) >= 11 is 0. The van der Waals surface area contributed by atoms with E-state index in [2.05, 4.69) is 10.6 Å². The Morgan fingerprint density at radius 1 is 1.10 bits per heavy atom. The molecule has 0 bridgehead atoms. The zero-order valence-electron chi connectivity index (χ0n) is 17.6. The minimum absolute atomic E-state index is 0.166. The van der Waals surface area contributed by atoms with Crippen molar-refractivity contribution in [2.24, 2.45) is 0 Å². The summed E-state index contributed by atoms with van der Waals surface area (Å²) in [5.41, 5.74) is 3.30. The lowest BCUT2D eigenvalue weighted by molar-refractivity contribution is -0.150. The molecule has 1 heterocycles. The highest BCUT2D eigenvalue weighted by atomic mass is 16.7. The lowest BCUT2D eigenvalue weighted by Gasteiger charge is -2.14. The molecule has 2 aromatic carbocycles. The Morgan fingerprint density at radius 3 is 2.55 bits per heavy atom. The Morgan fingerprint density at radius 2 is 1.81 bits per heavy atom. The van der Waals surface area contributed by atoms with Crippen LogP contribution in [0.2, 0.25) is 0 Å². The maximum absolute atomic E-state index is 12.1.